The van der Waals surface area contributed by atoms with Crippen LogP contribution >= 0.6 is 0 Å². The van der Waals surface area contributed by atoms with Crippen LogP contribution < -0.4 is 10.1 Å². The normalized spacial score (nSPS) is 10.7. The van der Waals surface area contributed by atoms with Gasteiger partial charge < -0.3 is 10.1 Å². The molecule has 2 aromatic heterocycles. The van der Waals surface area contributed by atoms with Gasteiger partial charge in [-0.05, 0) is 18.2 Å². The summed E-state index contributed by atoms with van der Waals surface area (Å²) in [5.41, 5.74) is 2.68. The molecule has 1 N–H and O–H groups in total. The maximum atomic E-state index is 13.2. The van der Waals surface area contributed by atoms with Gasteiger partial charge in [-0.3, -0.25) is 19.6 Å². The summed E-state index contributed by atoms with van der Waals surface area (Å²) in [6.07, 6.45) is 3.50. The van der Waals surface area contributed by atoms with Crippen LogP contribution in [0.3, 0.4) is 0 Å². The Labute approximate surface area is 171 Å². The number of aryl methyl sites for hydroxylation is 1. The van der Waals surface area contributed by atoms with E-state index in [4.69, 9.17) is 4.74 Å². The molecule has 30 heavy (non-hydrogen) atoms. The van der Waals surface area contributed by atoms with Crippen LogP contribution in [0.25, 0.3) is 22.2 Å². The minimum atomic E-state index is -0.523. The van der Waals surface area contributed by atoms with E-state index in [2.05, 4.69) is 15.4 Å². The Morgan fingerprint density at radius 3 is 2.70 bits per heavy atom. The lowest BCUT2D eigenvalue weighted by Crippen LogP contribution is -2.14. The molecule has 0 saturated heterocycles. The molecule has 2 aromatic carbocycles. The highest BCUT2D eigenvalue weighted by molar-refractivity contribution is 6.13. The summed E-state index contributed by atoms with van der Waals surface area (Å²) in [4.78, 5) is 28.3. The molecule has 0 aliphatic heterocycles. The molecule has 150 valence electrons. The molecular weight excluding hydrogens is 386 g/mol. The summed E-state index contributed by atoms with van der Waals surface area (Å²) in [6, 6.07) is 13.0. The highest BCUT2D eigenvalue weighted by atomic mass is 16.6. The topological polar surface area (TPSA) is 112 Å². The predicted molar refractivity (Wildman–Crippen MR) is 112 cm³/mol. The Morgan fingerprint density at radius 2 is 2.00 bits per heavy atom. The van der Waals surface area contributed by atoms with E-state index in [-0.39, 0.29) is 17.3 Å². The van der Waals surface area contributed by atoms with Crippen LogP contribution in [0.1, 0.15) is 10.4 Å². The molecule has 0 saturated carbocycles. The van der Waals surface area contributed by atoms with Gasteiger partial charge in [-0.25, -0.2) is 4.98 Å². The minimum absolute atomic E-state index is 0.127. The number of benzene rings is 2. The number of hydrogen-bond donors (Lipinski definition) is 1. The average Bonchev–Trinajstić information content (AvgIpc) is 3.19. The zero-order valence-electron chi connectivity index (χ0n) is 16.2. The van der Waals surface area contributed by atoms with Gasteiger partial charge in [0, 0.05) is 30.3 Å². The van der Waals surface area contributed by atoms with Gasteiger partial charge in [-0.15, -0.1) is 0 Å². The molecule has 0 atom stereocenters. The molecule has 0 radical (unpaired) electrons. The van der Waals surface area contributed by atoms with Crippen molar-refractivity contribution in [3.8, 4) is 17.0 Å². The first kappa shape index (κ1) is 19.1. The van der Waals surface area contributed by atoms with Gasteiger partial charge in [0.15, 0.2) is 0 Å². The Bertz CT molecular complexity index is 1280. The third kappa shape index (κ3) is 3.55. The van der Waals surface area contributed by atoms with E-state index in [1.807, 2.05) is 30.5 Å². The molecule has 0 unspecified atom stereocenters. The fourth-order valence-electron chi connectivity index (χ4n) is 3.15. The standard InChI is InChI=1S/C21H17N5O4/c1-25-12-13(11-22-25)19-10-16(15-5-3-4-6-17(15)23-19)21(27)24-18-8-7-14(26(28)29)9-20(18)30-2/h3-12H,1-2H3,(H,24,27). The summed E-state index contributed by atoms with van der Waals surface area (Å²) >= 11 is 0. The van der Waals surface area contributed by atoms with E-state index in [1.165, 1.54) is 25.3 Å². The average molecular weight is 403 g/mol. The number of fused-ring (bicyclic) bond motifs is 1. The van der Waals surface area contributed by atoms with Crippen molar-refractivity contribution in [2.24, 2.45) is 7.05 Å². The molecule has 4 aromatic rings. The number of carbonyl (C=O) groups is 1. The maximum Gasteiger partial charge on any atom is 0.273 e. The number of ether oxygens (including phenoxy) is 1. The second-order valence-corrected chi connectivity index (χ2v) is 6.57. The number of nitro groups is 1. The maximum absolute atomic E-state index is 13.2. The van der Waals surface area contributed by atoms with Crippen LogP contribution in [0, 0.1) is 10.1 Å². The third-order valence-corrected chi connectivity index (χ3v) is 4.61. The largest absolute Gasteiger partial charge is 0.494 e. The van der Waals surface area contributed by atoms with Crippen molar-refractivity contribution in [3.05, 3.63) is 76.6 Å². The lowest BCUT2D eigenvalue weighted by molar-refractivity contribution is -0.384. The van der Waals surface area contributed by atoms with Crippen molar-refractivity contribution in [2.75, 3.05) is 12.4 Å². The number of rotatable bonds is 5. The SMILES string of the molecule is COc1cc([N+](=O)[O-])ccc1NC(=O)c1cc(-c2cnn(C)c2)nc2ccccc12. The number of methoxy groups -OCH3 is 1. The first-order valence-corrected chi connectivity index (χ1v) is 8.99. The molecule has 2 heterocycles. The van der Waals surface area contributed by atoms with Crippen molar-refractivity contribution in [1.29, 1.82) is 0 Å². The summed E-state index contributed by atoms with van der Waals surface area (Å²) in [7, 11) is 3.19. The lowest BCUT2D eigenvalue weighted by atomic mass is 10.0. The van der Waals surface area contributed by atoms with E-state index in [0.29, 0.717) is 27.8 Å². The quantitative estimate of drug-likeness (QED) is 0.401. The number of non-ortho nitro benzene ring substituents is 1. The minimum Gasteiger partial charge on any atom is -0.494 e. The molecule has 1 amide bonds. The highest BCUT2D eigenvalue weighted by Crippen LogP contribution is 2.31. The summed E-state index contributed by atoms with van der Waals surface area (Å²) in [5.74, 6) is -0.186. The van der Waals surface area contributed by atoms with E-state index in [0.717, 1.165) is 5.56 Å². The number of hydrogen-bond acceptors (Lipinski definition) is 6. The van der Waals surface area contributed by atoms with E-state index in [1.54, 1.807) is 24.0 Å². The van der Waals surface area contributed by atoms with Crippen LogP contribution in [-0.2, 0) is 7.05 Å². The molecule has 0 aliphatic carbocycles. The van der Waals surface area contributed by atoms with Crippen molar-refractivity contribution >= 4 is 28.2 Å². The van der Waals surface area contributed by atoms with Crippen LogP contribution in [0.2, 0.25) is 0 Å². The Balaban J connectivity index is 1.77. The summed E-state index contributed by atoms with van der Waals surface area (Å²) in [5, 5.41) is 18.6. The smallest absolute Gasteiger partial charge is 0.273 e. The first-order chi connectivity index (χ1) is 14.5. The van der Waals surface area contributed by atoms with Crippen LogP contribution in [0.5, 0.6) is 5.75 Å². The number of nitro benzene ring substituents is 1. The summed E-state index contributed by atoms with van der Waals surface area (Å²) in [6.45, 7) is 0. The number of pyridine rings is 1. The second-order valence-electron chi connectivity index (χ2n) is 6.57. The lowest BCUT2D eigenvalue weighted by Gasteiger charge is -2.12. The summed E-state index contributed by atoms with van der Waals surface area (Å²) < 4.78 is 6.87. The Morgan fingerprint density at radius 1 is 1.20 bits per heavy atom. The molecule has 0 bridgehead atoms. The second kappa shape index (κ2) is 7.63. The zero-order valence-corrected chi connectivity index (χ0v) is 16.2. The van der Waals surface area contributed by atoms with E-state index >= 15 is 0 Å². The van der Waals surface area contributed by atoms with Crippen molar-refractivity contribution in [3.63, 3.8) is 0 Å². The van der Waals surface area contributed by atoms with Gasteiger partial charge in [0.25, 0.3) is 11.6 Å². The molecule has 0 spiro atoms. The van der Waals surface area contributed by atoms with Gasteiger partial charge in [0.2, 0.25) is 0 Å². The Hall–Kier alpha value is -4.27. The molecule has 0 aliphatic rings. The number of anilines is 1. The van der Waals surface area contributed by atoms with Crippen LogP contribution in [0.4, 0.5) is 11.4 Å². The van der Waals surface area contributed by atoms with Gasteiger partial charge >= 0.3 is 0 Å². The van der Waals surface area contributed by atoms with Crippen molar-refractivity contribution < 1.29 is 14.5 Å². The molecule has 9 nitrogen and oxygen atoms in total. The third-order valence-electron chi connectivity index (χ3n) is 4.61. The van der Waals surface area contributed by atoms with Crippen molar-refractivity contribution in [2.45, 2.75) is 0 Å². The monoisotopic (exact) mass is 403 g/mol. The van der Waals surface area contributed by atoms with E-state index < -0.39 is 4.92 Å². The van der Waals surface area contributed by atoms with Gasteiger partial charge in [0.1, 0.15) is 5.75 Å². The Kier molecular flexibility index (Phi) is 4.85. The first-order valence-electron chi connectivity index (χ1n) is 8.99. The number of nitrogens with zero attached hydrogens (tertiary/aromatic N) is 4. The van der Waals surface area contributed by atoms with Gasteiger partial charge in [-0.1, -0.05) is 18.2 Å². The van der Waals surface area contributed by atoms with Gasteiger partial charge in [-0.2, -0.15) is 5.10 Å². The number of carbonyl (C=O) groups excluding carboxylic acids is 1. The van der Waals surface area contributed by atoms with Crippen LogP contribution in [0.15, 0.2) is 60.9 Å². The highest BCUT2D eigenvalue weighted by Gasteiger charge is 2.18. The number of amides is 1. The number of nitrogens with one attached hydrogen (secondary N) is 1. The number of para-hydroxylation sites is 1. The molecular formula is C21H17N5O4. The van der Waals surface area contributed by atoms with Gasteiger partial charge in [0.05, 0.1) is 46.8 Å². The van der Waals surface area contributed by atoms with Crippen molar-refractivity contribution in [1.82, 2.24) is 14.8 Å². The fraction of sp³-hybridized carbons (Fsp3) is 0.0952. The fourth-order valence-corrected chi connectivity index (χ4v) is 3.15. The molecule has 4 rings (SSSR count). The van der Waals surface area contributed by atoms with Crippen LogP contribution in [-0.4, -0.2) is 32.7 Å². The zero-order chi connectivity index (χ0) is 21.3. The molecule has 9 heteroatoms. The molecule has 0 fully saturated rings. The number of aromatic nitrogens is 3. The van der Waals surface area contributed by atoms with E-state index in [9.17, 15) is 14.9 Å². The predicted octanol–water partition coefficient (Wildman–Crippen LogP) is 3.80.